The molecule has 1 unspecified atom stereocenters. The van der Waals surface area contributed by atoms with Gasteiger partial charge in [-0.2, -0.15) is 0 Å². The van der Waals surface area contributed by atoms with Crippen LogP contribution < -0.4 is 0 Å². The van der Waals surface area contributed by atoms with Crippen molar-refractivity contribution in [3.8, 4) is 11.4 Å². The second kappa shape index (κ2) is 6.78. The largest absolute Gasteiger partial charge is 0.390 e. The lowest BCUT2D eigenvalue weighted by Crippen LogP contribution is -2.38. The molecule has 0 radical (unpaired) electrons. The highest BCUT2D eigenvalue weighted by molar-refractivity contribution is 5.53. The molecule has 6 heteroatoms. The summed E-state index contributed by atoms with van der Waals surface area (Å²) in [5.41, 5.74) is 0.965. The van der Waals surface area contributed by atoms with Gasteiger partial charge < -0.3 is 10.0 Å². The molecule has 0 aliphatic carbocycles. The standard InChI is InChI=1S/C15H21N5O/c21-14(11-19-9-5-2-6-10-19)12-20-15(16-17-18-20)13-7-3-1-4-8-13/h1,3-4,7-8,14,21H,2,5-6,9-12H2. The Hall–Kier alpha value is -1.79. The normalized spacial score (nSPS) is 17.8. The third-order valence-electron chi connectivity index (χ3n) is 3.87. The van der Waals surface area contributed by atoms with E-state index in [2.05, 4.69) is 20.4 Å². The van der Waals surface area contributed by atoms with Gasteiger partial charge in [-0.25, -0.2) is 4.68 Å². The molecule has 0 spiro atoms. The molecule has 112 valence electrons. The van der Waals surface area contributed by atoms with Crippen molar-refractivity contribution in [2.45, 2.75) is 31.9 Å². The second-order valence-corrected chi connectivity index (χ2v) is 5.57. The molecule has 1 aromatic heterocycles. The summed E-state index contributed by atoms with van der Waals surface area (Å²) in [6.07, 6.45) is 3.31. The van der Waals surface area contributed by atoms with E-state index in [4.69, 9.17) is 0 Å². The fourth-order valence-corrected chi connectivity index (χ4v) is 2.82. The lowest BCUT2D eigenvalue weighted by atomic mass is 10.1. The second-order valence-electron chi connectivity index (χ2n) is 5.57. The van der Waals surface area contributed by atoms with Gasteiger partial charge in [-0.1, -0.05) is 36.8 Å². The molecule has 0 bridgehead atoms. The molecule has 1 atom stereocenters. The quantitative estimate of drug-likeness (QED) is 0.894. The number of aliphatic hydroxyl groups excluding tert-OH is 1. The number of β-amino-alcohol motifs (C(OH)–C–C–N with tert-alkyl or cyclic N) is 1. The monoisotopic (exact) mass is 287 g/mol. The molecule has 1 fully saturated rings. The van der Waals surface area contributed by atoms with E-state index in [0.29, 0.717) is 18.9 Å². The maximum absolute atomic E-state index is 10.3. The Kier molecular flexibility index (Phi) is 4.57. The third kappa shape index (κ3) is 3.65. The van der Waals surface area contributed by atoms with E-state index < -0.39 is 6.10 Å². The van der Waals surface area contributed by atoms with E-state index >= 15 is 0 Å². The Balaban J connectivity index is 1.64. The van der Waals surface area contributed by atoms with Crippen molar-refractivity contribution in [2.24, 2.45) is 0 Å². The zero-order valence-corrected chi connectivity index (χ0v) is 12.1. The molecular weight excluding hydrogens is 266 g/mol. The van der Waals surface area contributed by atoms with Gasteiger partial charge in [0.15, 0.2) is 5.82 Å². The first kappa shape index (κ1) is 14.2. The van der Waals surface area contributed by atoms with Crippen molar-refractivity contribution in [3.05, 3.63) is 30.3 Å². The SMILES string of the molecule is OC(CN1CCCCC1)Cn1nnnc1-c1ccccc1. The summed E-state index contributed by atoms with van der Waals surface area (Å²) in [4.78, 5) is 2.32. The van der Waals surface area contributed by atoms with Gasteiger partial charge in [0.2, 0.25) is 0 Å². The molecule has 1 aromatic carbocycles. The van der Waals surface area contributed by atoms with E-state index in [1.165, 1.54) is 19.3 Å². The van der Waals surface area contributed by atoms with E-state index in [1.807, 2.05) is 30.3 Å². The Morgan fingerprint density at radius 2 is 1.81 bits per heavy atom. The maximum Gasteiger partial charge on any atom is 0.182 e. The topological polar surface area (TPSA) is 67.1 Å². The summed E-state index contributed by atoms with van der Waals surface area (Å²) in [7, 11) is 0. The highest BCUT2D eigenvalue weighted by Crippen LogP contribution is 2.15. The number of likely N-dealkylation sites (tertiary alicyclic amines) is 1. The molecule has 1 aliphatic heterocycles. The van der Waals surface area contributed by atoms with Gasteiger partial charge in [0.25, 0.3) is 0 Å². The van der Waals surface area contributed by atoms with Crippen molar-refractivity contribution in [1.82, 2.24) is 25.1 Å². The molecule has 2 aromatic rings. The van der Waals surface area contributed by atoms with Gasteiger partial charge in [0, 0.05) is 12.1 Å². The summed E-state index contributed by atoms with van der Waals surface area (Å²) in [6, 6.07) is 9.82. The molecule has 1 aliphatic rings. The van der Waals surface area contributed by atoms with Gasteiger partial charge >= 0.3 is 0 Å². The van der Waals surface area contributed by atoms with Crippen LogP contribution in [-0.4, -0.2) is 56.0 Å². The van der Waals surface area contributed by atoms with E-state index in [9.17, 15) is 5.11 Å². The van der Waals surface area contributed by atoms with Crippen LogP contribution in [0.25, 0.3) is 11.4 Å². The molecule has 6 nitrogen and oxygen atoms in total. The predicted octanol–water partition coefficient (Wildman–Crippen LogP) is 1.19. The van der Waals surface area contributed by atoms with E-state index in [-0.39, 0.29) is 0 Å². The average molecular weight is 287 g/mol. The fourth-order valence-electron chi connectivity index (χ4n) is 2.82. The van der Waals surface area contributed by atoms with E-state index in [1.54, 1.807) is 4.68 Å². The van der Waals surface area contributed by atoms with Crippen molar-refractivity contribution in [2.75, 3.05) is 19.6 Å². The van der Waals surface area contributed by atoms with Crippen molar-refractivity contribution >= 4 is 0 Å². The Bertz CT molecular complexity index is 550. The summed E-state index contributed by atoms with van der Waals surface area (Å²) in [6.45, 7) is 3.28. The van der Waals surface area contributed by atoms with Crippen LogP contribution in [-0.2, 0) is 6.54 Å². The van der Waals surface area contributed by atoms with Crippen molar-refractivity contribution in [1.29, 1.82) is 0 Å². The van der Waals surface area contributed by atoms with Gasteiger partial charge in [-0.05, 0) is 36.4 Å². The van der Waals surface area contributed by atoms with Crippen LogP contribution in [0.1, 0.15) is 19.3 Å². The van der Waals surface area contributed by atoms with Crippen LogP contribution in [0.5, 0.6) is 0 Å². The molecule has 0 amide bonds. The number of nitrogens with zero attached hydrogens (tertiary/aromatic N) is 5. The minimum Gasteiger partial charge on any atom is -0.390 e. The van der Waals surface area contributed by atoms with Crippen molar-refractivity contribution in [3.63, 3.8) is 0 Å². The molecule has 1 N–H and O–H groups in total. The van der Waals surface area contributed by atoms with Crippen LogP contribution in [0.15, 0.2) is 30.3 Å². The maximum atomic E-state index is 10.3. The minimum absolute atomic E-state index is 0.424. The molecule has 2 heterocycles. The summed E-state index contributed by atoms with van der Waals surface area (Å²) < 4.78 is 1.68. The first-order valence-electron chi connectivity index (χ1n) is 7.55. The van der Waals surface area contributed by atoms with Gasteiger partial charge in [0.05, 0.1) is 12.6 Å². The van der Waals surface area contributed by atoms with Crippen LogP contribution in [0.3, 0.4) is 0 Å². The van der Waals surface area contributed by atoms with Gasteiger partial charge in [-0.15, -0.1) is 5.10 Å². The number of hydrogen-bond acceptors (Lipinski definition) is 5. The highest BCUT2D eigenvalue weighted by Gasteiger charge is 2.17. The van der Waals surface area contributed by atoms with Crippen LogP contribution in [0.2, 0.25) is 0 Å². The van der Waals surface area contributed by atoms with E-state index in [0.717, 1.165) is 18.7 Å². The molecular formula is C15H21N5O. The zero-order chi connectivity index (χ0) is 14.5. The number of benzene rings is 1. The molecule has 0 saturated carbocycles. The van der Waals surface area contributed by atoms with Crippen LogP contribution >= 0.6 is 0 Å². The molecule has 1 saturated heterocycles. The van der Waals surface area contributed by atoms with Crippen LogP contribution in [0, 0.1) is 0 Å². The van der Waals surface area contributed by atoms with Crippen molar-refractivity contribution < 1.29 is 5.11 Å². The van der Waals surface area contributed by atoms with Gasteiger partial charge in [-0.3, -0.25) is 0 Å². The van der Waals surface area contributed by atoms with Gasteiger partial charge in [0.1, 0.15) is 0 Å². The summed E-state index contributed by atoms with van der Waals surface area (Å²) in [5.74, 6) is 0.702. The molecule has 21 heavy (non-hydrogen) atoms. The third-order valence-corrected chi connectivity index (χ3v) is 3.87. The minimum atomic E-state index is -0.450. The summed E-state index contributed by atoms with van der Waals surface area (Å²) in [5, 5.41) is 22.1. The number of aliphatic hydroxyl groups is 1. The highest BCUT2D eigenvalue weighted by atomic mass is 16.3. The number of hydrogen-bond donors (Lipinski definition) is 1. The smallest absolute Gasteiger partial charge is 0.182 e. The first-order chi connectivity index (χ1) is 10.3. The molecule has 3 rings (SSSR count). The Morgan fingerprint density at radius 1 is 1.05 bits per heavy atom. The summed E-state index contributed by atoms with van der Waals surface area (Å²) >= 11 is 0. The lowest BCUT2D eigenvalue weighted by molar-refractivity contribution is 0.0855. The Morgan fingerprint density at radius 3 is 2.57 bits per heavy atom. The fraction of sp³-hybridized carbons (Fsp3) is 0.533. The number of tetrazole rings is 1. The number of piperidine rings is 1. The Labute approximate surface area is 124 Å². The lowest BCUT2D eigenvalue weighted by Gasteiger charge is -2.28. The first-order valence-corrected chi connectivity index (χ1v) is 7.55. The average Bonchev–Trinajstić information content (AvgIpc) is 2.97. The number of aromatic nitrogens is 4. The zero-order valence-electron chi connectivity index (χ0n) is 12.1. The van der Waals surface area contributed by atoms with Crippen LogP contribution in [0.4, 0.5) is 0 Å². The number of rotatable bonds is 5. The predicted molar refractivity (Wildman–Crippen MR) is 79.6 cm³/mol.